The number of carboxylic acids is 1. The number of aryl methyl sites for hydroxylation is 1. The summed E-state index contributed by atoms with van der Waals surface area (Å²) in [6, 6.07) is 5.59. The van der Waals surface area contributed by atoms with Crippen LogP contribution in [0.25, 0.3) is 0 Å². The van der Waals surface area contributed by atoms with E-state index in [0.29, 0.717) is 30.2 Å². The molecule has 0 aliphatic heterocycles. The second-order valence-electron chi connectivity index (χ2n) is 4.16. The molecule has 1 N–H and O–H groups in total. The van der Waals surface area contributed by atoms with Crippen molar-refractivity contribution in [2.75, 3.05) is 6.61 Å². The van der Waals surface area contributed by atoms with Gasteiger partial charge in [-0.25, -0.2) is 0 Å². The fourth-order valence-corrected chi connectivity index (χ4v) is 1.59. The smallest absolute Gasteiger partial charge is 0.306 e. The van der Waals surface area contributed by atoms with Crippen LogP contribution < -0.4 is 4.74 Å². The molecule has 1 unspecified atom stereocenters. The average Bonchev–Trinajstić information content (AvgIpc) is 2.28. The van der Waals surface area contributed by atoms with Gasteiger partial charge >= 0.3 is 5.97 Å². The van der Waals surface area contributed by atoms with Crippen LogP contribution >= 0.6 is 11.6 Å². The molecule has 0 aliphatic carbocycles. The SMILES string of the molecule is Cc1ccc(Cl)c(OCCCC(C)C(=O)O)c1. The van der Waals surface area contributed by atoms with Crippen molar-refractivity contribution in [3.8, 4) is 5.75 Å². The zero-order chi connectivity index (χ0) is 12.8. The second kappa shape index (κ2) is 6.50. The zero-order valence-corrected chi connectivity index (χ0v) is 10.8. The molecule has 1 atom stereocenters. The maximum atomic E-state index is 10.6. The lowest BCUT2D eigenvalue weighted by Gasteiger charge is -2.10. The Kier molecular flexibility index (Phi) is 5.29. The molecule has 0 saturated heterocycles. The lowest BCUT2D eigenvalue weighted by molar-refractivity contribution is -0.141. The molecule has 0 spiro atoms. The number of benzene rings is 1. The van der Waals surface area contributed by atoms with Gasteiger partial charge in [0.05, 0.1) is 17.5 Å². The fraction of sp³-hybridized carbons (Fsp3) is 0.462. The van der Waals surface area contributed by atoms with Crippen LogP contribution in [0.3, 0.4) is 0 Å². The lowest BCUT2D eigenvalue weighted by Crippen LogP contribution is -2.10. The van der Waals surface area contributed by atoms with Gasteiger partial charge in [-0.2, -0.15) is 0 Å². The summed E-state index contributed by atoms with van der Waals surface area (Å²) in [6.45, 7) is 4.15. The number of halogens is 1. The predicted molar refractivity (Wildman–Crippen MR) is 67.7 cm³/mol. The molecule has 0 aromatic heterocycles. The maximum Gasteiger partial charge on any atom is 0.306 e. The number of ether oxygens (including phenoxy) is 1. The third kappa shape index (κ3) is 4.65. The van der Waals surface area contributed by atoms with Crippen LogP contribution in [0.15, 0.2) is 18.2 Å². The summed E-state index contributed by atoms with van der Waals surface area (Å²) in [5, 5.41) is 9.30. The molecule has 1 aromatic rings. The van der Waals surface area contributed by atoms with Gasteiger partial charge < -0.3 is 9.84 Å². The zero-order valence-electron chi connectivity index (χ0n) is 10.1. The molecule has 0 fully saturated rings. The first-order chi connectivity index (χ1) is 8.00. The number of aliphatic carboxylic acids is 1. The van der Waals surface area contributed by atoms with Gasteiger partial charge in [0.2, 0.25) is 0 Å². The van der Waals surface area contributed by atoms with E-state index in [2.05, 4.69) is 0 Å². The van der Waals surface area contributed by atoms with E-state index in [1.54, 1.807) is 13.0 Å². The van der Waals surface area contributed by atoms with E-state index in [0.717, 1.165) is 5.56 Å². The highest BCUT2D eigenvalue weighted by molar-refractivity contribution is 6.32. The molecule has 0 radical (unpaired) electrons. The lowest BCUT2D eigenvalue weighted by atomic mass is 10.1. The van der Waals surface area contributed by atoms with E-state index in [1.807, 2.05) is 19.1 Å². The summed E-state index contributed by atoms with van der Waals surface area (Å²) >= 11 is 5.97. The minimum atomic E-state index is -0.765. The summed E-state index contributed by atoms with van der Waals surface area (Å²) in [6.07, 6.45) is 1.32. The molecule has 1 aromatic carbocycles. The van der Waals surface area contributed by atoms with Crippen LogP contribution in [0.4, 0.5) is 0 Å². The molecule has 0 aliphatic rings. The largest absolute Gasteiger partial charge is 0.492 e. The van der Waals surface area contributed by atoms with Crippen molar-refractivity contribution in [2.24, 2.45) is 5.92 Å². The van der Waals surface area contributed by atoms with Crippen molar-refractivity contribution < 1.29 is 14.6 Å². The van der Waals surface area contributed by atoms with Crippen LogP contribution in [0.1, 0.15) is 25.3 Å². The molecule has 0 heterocycles. The van der Waals surface area contributed by atoms with Crippen LogP contribution in [0.5, 0.6) is 5.75 Å². The third-order valence-corrected chi connectivity index (χ3v) is 2.86. The Labute approximate surface area is 106 Å². The first-order valence-electron chi connectivity index (χ1n) is 5.62. The Bertz CT molecular complexity index is 390. The Morgan fingerprint density at radius 1 is 1.53 bits per heavy atom. The molecule has 4 heteroatoms. The van der Waals surface area contributed by atoms with Gasteiger partial charge in [0.1, 0.15) is 5.75 Å². The fourth-order valence-electron chi connectivity index (χ4n) is 1.42. The van der Waals surface area contributed by atoms with Crippen molar-refractivity contribution in [2.45, 2.75) is 26.7 Å². The van der Waals surface area contributed by atoms with Gasteiger partial charge in [0, 0.05) is 0 Å². The summed E-state index contributed by atoms with van der Waals surface area (Å²) in [5.74, 6) is -0.431. The van der Waals surface area contributed by atoms with Crippen molar-refractivity contribution in [1.29, 1.82) is 0 Å². The minimum absolute atomic E-state index is 0.327. The van der Waals surface area contributed by atoms with E-state index < -0.39 is 5.97 Å². The maximum absolute atomic E-state index is 10.6. The van der Waals surface area contributed by atoms with Crippen molar-refractivity contribution in [3.05, 3.63) is 28.8 Å². The predicted octanol–water partition coefficient (Wildman–Crippen LogP) is 3.53. The number of hydrogen-bond donors (Lipinski definition) is 1. The highest BCUT2D eigenvalue weighted by Gasteiger charge is 2.10. The molecule has 0 saturated carbocycles. The Balaban J connectivity index is 2.36. The molecule has 17 heavy (non-hydrogen) atoms. The standard InChI is InChI=1S/C13H17ClO3/c1-9-5-6-11(14)12(8-9)17-7-3-4-10(2)13(15)16/h5-6,8,10H,3-4,7H2,1-2H3,(H,15,16). The number of hydrogen-bond acceptors (Lipinski definition) is 2. The van der Waals surface area contributed by atoms with Crippen LogP contribution in [-0.2, 0) is 4.79 Å². The third-order valence-electron chi connectivity index (χ3n) is 2.55. The van der Waals surface area contributed by atoms with E-state index >= 15 is 0 Å². The van der Waals surface area contributed by atoms with E-state index in [4.69, 9.17) is 21.4 Å². The van der Waals surface area contributed by atoms with Gasteiger partial charge in [-0.15, -0.1) is 0 Å². The summed E-state index contributed by atoms with van der Waals surface area (Å²) in [4.78, 5) is 10.6. The molecule has 1 rings (SSSR count). The van der Waals surface area contributed by atoms with E-state index in [9.17, 15) is 4.79 Å². The highest BCUT2D eigenvalue weighted by Crippen LogP contribution is 2.25. The van der Waals surface area contributed by atoms with Gasteiger partial charge in [-0.3, -0.25) is 4.79 Å². The molecular formula is C13H17ClO3. The van der Waals surface area contributed by atoms with E-state index in [-0.39, 0.29) is 5.92 Å². The number of rotatable bonds is 6. The van der Waals surface area contributed by atoms with Crippen molar-refractivity contribution >= 4 is 17.6 Å². The van der Waals surface area contributed by atoms with Gasteiger partial charge in [-0.1, -0.05) is 24.6 Å². The average molecular weight is 257 g/mol. The summed E-state index contributed by atoms with van der Waals surface area (Å²) in [5.41, 5.74) is 1.09. The topological polar surface area (TPSA) is 46.5 Å². The quantitative estimate of drug-likeness (QED) is 0.792. The van der Waals surface area contributed by atoms with Crippen molar-refractivity contribution in [3.63, 3.8) is 0 Å². The van der Waals surface area contributed by atoms with Crippen molar-refractivity contribution in [1.82, 2.24) is 0 Å². The van der Waals surface area contributed by atoms with Crippen LogP contribution in [-0.4, -0.2) is 17.7 Å². The number of carboxylic acid groups (broad SMARTS) is 1. The Morgan fingerprint density at radius 3 is 2.88 bits per heavy atom. The van der Waals surface area contributed by atoms with Gasteiger partial charge in [-0.05, 0) is 37.5 Å². The second-order valence-corrected chi connectivity index (χ2v) is 4.57. The molecule has 0 amide bonds. The first-order valence-corrected chi connectivity index (χ1v) is 6.00. The Hall–Kier alpha value is -1.22. The Morgan fingerprint density at radius 2 is 2.24 bits per heavy atom. The molecule has 0 bridgehead atoms. The molecule has 94 valence electrons. The van der Waals surface area contributed by atoms with Gasteiger partial charge in [0.15, 0.2) is 0 Å². The molecular weight excluding hydrogens is 240 g/mol. The van der Waals surface area contributed by atoms with Crippen LogP contribution in [0.2, 0.25) is 5.02 Å². The summed E-state index contributed by atoms with van der Waals surface area (Å²) < 4.78 is 5.52. The van der Waals surface area contributed by atoms with E-state index in [1.165, 1.54) is 0 Å². The monoisotopic (exact) mass is 256 g/mol. The minimum Gasteiger partial charge on any atom is -0.492 e. The van der Waals surface area contributed by atoms with Gasteiger partial charge in [0.25, 0.3) is 0 Å². The molecule has 3 nitrogen and oxygen atoms in total. The van der Waals surface area contributed by atoms with Crippen LogP contribution in [0, 0.1) is 12.8 Å². The first kappa shape index (κ1) is 13.8. The normalized spacial score (nSPS) is 12.2. The summed E-state index contributed by atoms with van der Waals surface area (Å²) in [7, 11) is 0. The number of carbonyl (C=O) groups is 1. The highest BCUT2D eigenvalue weighted by atomic mass is 35.5.